The molecule has 10 nitrogen and oxygen atoms in total. The first-order valence-corrected chi connectivity index (χ1v) is 14.4. The first-order valence-electron chi connectivity index (χ1n) is 13.1. The first-order chi connectivity index (χ1) is 19.1. The number of hydrogen-bond donors (Lipinski definition) is 3. The molecule has 2 aromatic carbocycles. The summed E-state index contributed by atoms with van der Waals surface area (Å²) in [6.07, 6.45) is 0.280. The number of non-ortho nitro benzene ring substituents is 1. The second-order valence-electron chi connectivity index (χ2n) is 10.3. The second kappa shape index (κ2) is 10.9. The number of thiol groups is 1. The number of aliphatic hydroxyl groups excluding tert-OH is 1. The topological polar surface area (TPSA) is 133 Å². The minimum atomic E-state index is -0.981. The van der Waals surface area contributed by atoms with E-state index in [1.54, 1.807) is 36.1 Å². The molecule has 5 rings (SSSR count). The summed E-state index contributed by atoms with van der Waals surface area (Å²) in [6.45, 7) is 4.18. The van der Waals surface area contributed by atoms with E-state index in [9.17, 15) is 29.6 Å². The van der Waals surface area contributed by atoms with Crippen LogP contribution in [0.5, 0.6) is 0 Å². The number of β-lactam (4-membered cyclic amide) rings is 1. The van der Waals surface area contributed by atoms with E-state index in [4.69, 9.17) is 0 Å². The molecule has 2 aromatic rings. The quantitative estimate of drug-likeness (QED) is 0.182. The van der Waals surface area contributed by atoms with Crippen molar-refractivity contribution >= 4 is 52.8 Å². The predicted octanol–water partition coefficient (Wildman–Crippen LogP) is 4.42. The molecule has 12 heteroatoms. The summed E-state index contributed by atoms with van der Waals surface area (Å²) in [5.41, 5.74) is 1.56. The minimum Gasteiger partial charge on any atom is -0.392 e. The van der Waals surface area contributed by atoms with Gasteiger partial charge in [0, 0.05) is 47.7 Å². The molecule has 3 aliphatic heterocycles. The number of thioether (sulfide) groups is 1. The van der Waals surface area contributed by atoms with Crippen molar-refractivity contribution in [3.05, 3.63) is 80.9 Å². The van der Waals surface area contributed by atoms with Crippen molar-refractivity contribution in [3.8, 4) is 0 Å². The van der Waals surface area contributed by atoms with Crippen LogP contribution >= 0.6 is 24.4 Å². The Labute approximate surface area is 241 Å². The highest BCUT2D eigenvalue weighted by Gasteiger charge is 2.69. The summed E-state index contributed by atoms with van der Waals surface area (Å²) in [7, 11) is 0. The molecular weight excluding hydrogens is 552 g/mol. The molecule has 0 aromatic heterocycles. The molecule has 2 saturated heterocycles. The fourth-order valence-corrected chi connectivity index (χ4v) is 8.37. The molecule has 0 radical (unpaired) electrons. The number of nitro benzene ring substituents is 1. The number of fused-ring (bicyclic) bond motifs is 1. The van der Waals surface area contributed by atoms with Gasteiger partial charge in [0.05, 0.1) is 16.9 Å². The number of hydrogen-bond acceptors (Lipinski definition) is 7. The lowest BCUT2D eigenvalue weighted by molar-refractivity contribution is -0.384. The predicted molar refractivity (Wildman–Crippen MR) is 155 cm³/mol. The van der Waals surface area contributed by atoms with E-state index in [2.05, 4.69) is 17.9 Å². The number of carbonyl (C=O) groups excluding carboxylic acids is 3. The van der Waals surface area contributed by atoms with Crippen molar-refractivity contribution in [3.63, 3.8) is 0 Å². The van der Waals surface area contributed by atoms with Gasteiger partial charge in [-0.3, -0.25) is 24.6 Å². The summed E-state index contributed by atoms with van der Waals surface area (Å²) in [5.74, 6) is -1.34. The molecule has 5 atom stereocenters. The minimum absolute atomic E-state index is 0.0503. The Morgan fingerprint density at radius 3 is 2.50 bits per heavy atom. The molecule has 0 aliphatic carbocycles. The molecule has 0 spiro atoms. The van der Waals surface area contributed by atoms with Crippen LogP contribution in [0, 0.1) is 22.0 Å². The first kappa shape index (κ1) is 28.2. The van der Waals surface area contributed by atoms with E-state index in [1.807, 2.05) is 25.1 Å². The van der Waals surface area contributed by atoms with Crippen LogP contribution in [-0.2, 0) is 16.0 Å². The number of benzene rings is 2. The van der Waals surface area contributed by atoms with E-state index in [0.29, 0.717) is 30.0 Å². The van der Waals surface area contributed by atoms with Gasteiger partial charge < -0.3 is 15.3 Å². The number of urea groups is 1. The third kappa shape index (κ3) is 4.67. The molecule has 2 fully saturated rings. The fourth-order valence-electron chi connectivity index (χ4n) is 6.05. The van der Waals surface area contributed by atoms with E-state index in [-0.39, 0.29) is 41.7 Å². The van der Waals surface area contributed by atoms with E-state index in [0.717, 1.165) is 5.56 Å². The van der Waals surface area contributed by atoms with Crippen LogP contribution in [0.3, 0.4) is 0 Å². The monoisotopic (exact) mass is 582 g/mol. The Balaban J connectivity index is 1.46. The molecule has 1 unspecified atom stereocenters. The van der Waals surface area contributed by atoms with Gasteiger partial charge >= 0.3 is 6.03 Å². The lowest BCUT2D eigenvalue weighted by Crippen LogP contribution is -2.71. The fraction of sp³-hybridized carbons (Fsp3) is 0.393. The average Bonchev–Trinajstić information content (AvgIpc) is 3.45. The summed E-state index contributed by atoms with van der Waals surface area (Å²) in [5, 5.41) is 24.4. The van der Waals surface area contributed by atoms with Crippen molar-refractivity contribution in [1.82, 2.24) is 9.80 Å². The van der Waals surface area contributed by atoms with Crippen LogP contribution in [-0.4, -0.2) is 60.4 Å². The number of carbonyl (C=O) groups is 3. The SMILES string of the molecule is CC[C@H](O)[C@@H]1C(=O)N2C(C(=O)S)=C(C3CCN(C(=O)Nc4ccccc4)[C@H]3C)S[C@]12Cc1ccc([N+](=O)[O-])cc1. The zero-order valence-electron chi connectivity index (χ0n) is 22.0. The number of anilines is 1. The van der Waals surface area contributed by atoms with Gasteiger partial charge in [-0.2, -0.15) is 0 Å². The van der Waals surface area contributed by atoms with Crippen molar-refractivity contribution in [2.45, 2.75) is 50.1 Å². The Hall–Kier alpha value is -3.35. The van der Waals surface area contributed by atoms with Gasteiger partial charge in [-0.1, -0.05) is 61.6 Å². The lowest BCUT2D eigenvalue weighted by Gasteiger charge is -2.55. The normalized spacial score (nSPS) is 26.4. The average molecular weight is 583 g/mol. The third-order valence-electron chi connectivity index (χ3n) is 8.08. The molecule has 0 saturated carbocycles. The molecule has 2 N–H and O–H groups in total. The Morgan fingerprint density at radius 1 is 1.23 bits per heavy atom. The number of nitrogens with one attached hydrogen (secondary N) is 1. The number of amides is 3. The molecule has 210 valence electrons. The zero-order valence-corrected chi connectivity index (χ0v) is 23.7. The van der Waals surface area contributed by atoms with E-state index >= 15 is 0 Å². The molecule has 0 bridgehead atoms. The van der Waals surface area contributed by atoms with Crippen LogP contribution in [0.15, 0.2) is 65.2 Å². The third-order valence-corrected chi connectivity index (χ3v) is 9.94. The van der Waals surface area contributed by atoms with Gasteiger partial charge in [0.2, 0.25) is 11.0 Å². The number of nitrogens with zero attached hydrogens (tertiary/aromatic N) is 3. The van der Waals surface area contributed by atoms with Gasteiger partial charge in [-0.15, -0.1) is 0 Å². The van der Waals surface area contributed by atoms with Crippen LogP contribution in [0.2, 0.25) is 0 Å². The number of aliphatic hydroxyl groups is 1. The van der Waals surface area contributed by atoms with Crippen LogP contribution in [0.1, 0.15) is 32.3 Å². The molecule has 3 amide bonds. The number of para-hydroxylation sites is 1. The highest BCUT2D eigenvalue weighted by Crippen LogP contribution is 2.63. The summed E-state index contributed by atoms with van der Waals surface area (Å²) in [4.78, 5) is 53.1. The maximum Gasteiger partial charge on any atom is 0.322 e. The lowest BCUT2D eigenvalue weighted by atomic mass is 9.77. The Morgan fingerprint density at radius 2 is 1.90 bits per heavy atom. The van der Waals surface area contributed by atoms with E-state index < -0.39 is 26.9 Å². The number of nitro groups is 1. The largest absolute Gasteiger partial charge is 0.392 e. The van der Waals surface area contributed by atoms with Crippen molar-refractivity contribution in [2.24, 2.45) is 11.8 Å². The van der Waals surface area contributed by atoms with Gasteiger partial charge in [-0.25, -0.2) is 4.79 Å². The van der Waals surface area contributed by atoms with Crippen LogP contribution < -0.4 is 5.32 Å². The standard InChI is InChI=1S/C28H30N4O6S2/c1-3-21(33)22-25(34)31-23(26(35)39)24(40-28(22,31)15-17-9-11-19(12-10-17)32(37)38)20-13-14-30(16(20)2)27(36)29-18-7-5-4-6-8-18/h4-12,16,20-22,33H,3,13-15H2,1-2H3,(H,29,36)(H,35,39)/t16-,20?,21-,22+,28+/m0/s1. The number of rotatable bonds is 8. The highest BCUT2D eigenvalue weighted by atomic mass is 32.2. The summed E-state index contributed by atoms with van der Waals surface area (Å²) in [6, 6.07) is 14.7. The van der Waals surface area contributed by atoms with Gasteiger partial charge in [0.1, 0.15) is 10.6 Å². The number of likely N-dealkylation sites (tertiary alicyclic amines) is 1. The summed E-state index contributed by atoms with van der Waals surface area (Å²) < 4.78 is 0. The maximum absolute atomic E-state index is 13.5. The molecule has 40 heavy (non-hydrogen) atoms. The zero-order chi connectivity index (χ0) is 28.8. The van der Waals surface area contributed by atoms with Crippen molar-refractivity contribution in [1.29, 1.82) is 0 Å². The molecular formula is C28H30N4O6S2. The van der Waals surface area contributed by atoms with Crippen LogP contribution in [0.25, 0.3) is 0 Å². The van der Waals surface area contributed by atoms with Crippen molar-refractivity contribution in [2.75, 3.05) is 11.9 Å². The smallest absolute Gasteiger partial charge is 0.322 e. The van der Waals surface area contributed by atoms with Crippen LogP contribution in [0.4, 0.5) is 16.2 Å². The van der Waals surface area contributed by atoms with E-state index in [1.165, 1.54) is 28.8 Å². The Kier molecular flexibility index (Phi) is 7.68. The second-order valence-corrected chi connectivity index (χ2v) is 12.1. The van der Waals surface area contributed by atoms with Gasteiger partial charge in [-0.05, 0) is 37.5 Å². The maximum atomic E-state index is 13.5. The van der Waals surface area contributed by atoms with Gasteiger partial charge in [0.25, 0.3) is 5.69 Å². The van der Waals surface area contributed by atoms with Gasteiger partial charge in [0.15, 0.2) is 0 Å². The molecule has 3 aliphatic rings. The molecule has 3 heterocycles. The van der Waals surface area contributed by atoms with Crippen molar-refractivity contribution < 1.29 is 24.4 Å². The summed E-state index contributed by atoms with van der Waals surface area (Å²) >= 11 is 5.53. The highest BCUT2D eigenvalue weighted by molar-refractivity contribution is 8.05. The Bertz CT molecular complexity index is 1380.